The van der Waals surface area contributed by atoms with E-state index in [2.05, 4.69) is 13.8 Å². The third-order valence-electron chi connectivity index (χ3n) is 7.52. The maximum absolute atomic E-state index is 12.6. The van der Waals surface area contributed by atoms with Crippen LogP contribution in [0.5, 0.6) is 0 Å². The Morgan fingerprint density at radius 3 is 1.11 bits per heavy atom. The number of rotatable bonds is 24. The monoisotopic (exact) mass is 506 g/mol. The number of ether oxygens (including phenoxy) is 2. The average molecular weight is 507 g/mol. The number of carbonyl (C=O) groups excluding carboxylic acids is 2. The minimum atomic E-state index is -0.390. The van der Waals surface area contributed by atoms with E-state index in [0.29, 0.717) is 26.1 Å². The summed E-state index contributed by atoms with van der Waals surface area (Å²) in [5.41, 5.74) is 0. The van der Waals surface area contributed by atoms with Gasteiger partial charge in [0.2, 0.25) is 0 Å². The standard InChI is InChI=1S/C32H58O4/c1-3-5-7-9-10-11-12-13-14-15-16-17-18-19-20-24-28-36-32(34)30-26-22-21-25-29(30)31(33)35-27-23-8-6-4-2/h21-22,29-30H,3-20,23-28H2,1-2H3. The van der Waals surface area contributed by atoms with Gasteiger partial charge in [0.1, 0.15) is 0 Å². The molecule has 4 nitrogen and oxygen atoms in total. The zero-order valence-electron chi connectivity index (χ0n) is 23.9. The molecule has 36 heavy (non-hydrogen) atoms. The molecule has 1 aliphatic carbocycles. The molecule has 0 spiro atoms. The Morgan fingerprint density at radius 1 is 0.500 bits per heavy atom. The van der Waals surface area contributed by atoms with Crippen LogP contribution in [0.25, 0.3) is 0 Å². The summed E-state index contributed by atoms with van der Waals surface area (Å²) in [5, 5.41) is 0. The molecular formula is C32H58O4. The van der Waals surface area contributed by atoms with Crippen LogP contribution >= 0.6 is 0 Å². The Bertz CT molecular complexity index is 556. The largest absolute Gasteiger partial charge is 0.465 e. The number of allylic oxidation sites excluding steroid dienone is 2. The van der Waals surface area contributed by atoms with E-state index in [1.54, 1.807) is 0 Å². The van der Waals surface area contributed by atoms with Gasteiger partial charge in [-0.3, -0.25) is 9.59 Å². The smallest absolute Gasteiger partial charge is 0.310 e. The molecule has 0 aromatic heterocycles. The third kappa shape index (κ3) is 17.2. The maximum atomic E-state index is 12.6. The molecule has 0 aromatic rings. The van der Waals surface area contributed by atoms with Gasteiger partial charge in [-0.05, 0) is 25.7 Å². The summed E-state index contributed by atoms with van der Waals surface area (Å²) in [4.78, 5) is 25.1. The third-order valence-corrected chi connectivity index (χ3v) is 7.52. The van der Waals surface area contributed by atoms with Crippen LogP contribution in [-0.2, 0) is 19.1 Å². The van der Waals surface area contributed by atoms with Crippen molar-refractivity contribution in [3.05, 3.63) is 12.2 Å². The highest BCUT2D eigenvalue weighted by Gasteiger charge is 2.36. The number of hydrogen-bond donors (Lipinski definition) is 0. The molecular weight excluding hydrogens is 448 g/mol. The molecule has 0 saturated heterocycles. The highest BCUT2D eigenvalue weighted by Crippen LogP contribution is 2.28. The van der Waals surface area contributed by atoms with Gasteiger partial charge in [0, 0.05) is 0 Å². The summed E-state index contributed by atoms with van der Waals surface area (Å²) in [6.45, 7) is 5.37. The lowest BCUT2D eigenvalue weighted by Gasteiger charge is -2.25. The van der Waals surface area contributed by atoms with E-state index in [-0.39, 0.29) is 23.8 Å². The topological polar surface area (TPSA) is 52.6 Å². The van der Waals surface area contributed by atoms with Crippen molar-refractivity contribution < 1.29 is 19.1 Å². The van der Waals surface area contributed by atoms with E-state index in [0.717, 1.165) is 38.5 Å². The first kappa shape index (κ1) is 32.7. The number of carbonyl (C=O) groups is 2. The van der Waals surface area contributed by atoms with E-state index < -0.39 is 0 Å². The molecule has 0 aliphatic heterocycles. The molecule has 0 saturated carbocycles. The average Bonchev–Trinajstić information content (AvgIpc) is 2.90. The molecule has 0 bridgehead atoms. The zero-order chi connectivity index (χ0) is 26.1. The van der Waals surface area contributed by atoms with Crippen molar-refractivity contribution in [1.82, 2.24) is 0 Å². The molecule has 0 heterocycles. The van der Waals surface area contributed by atoms with Gasteiger partial charge < -0.3 is 9.47 Å². The van der Waals surface area contributed by atoms with Crippen molar-refractivity contribution in [1.29, 1.82) is 0 Å². The van der Waals surface area contributed by atoms with Crippen LogP contribution in [0.3, 0.4) is 0 Å². The fourth-order valence-electron chi connectivity index (χ4n) is 5.07. The van der Waals surface area contributed by atoms with Crippen molar-refractivity contribution in [2.45, 2.75) is 155 Å². The van der Waals surface area contributed by atoms with Gasteiger partial charge in [-0.1, -0.05) is 142 Å². The highest BCUT2D eigenvalue weighted by molar-refractivity contribution is 5.82. The highest BCUT2D eigenvalue weighted by atomic mass is 16.5. The minimum absolute atomic E-state index is 0.228. The predicted octanol–water partition coefficient (Wildman–Crippen LogP) is 9.50. The van der Waals surface area contributed by atoms with Crippen molar-refractivity contribution in [3.8, 4) is 0 Å². The first-order chi connectivity index (χ1) is 17.7. The van der Waals surface area contributed by atoms with Crippen molar-refractivity contribution >= 4 is 11.9 Å². The second kappa shape index (κ2) is 24.0. The second-order valence-electron chi connectivity index (χ2n) is 10.9. The molecule has 0 aromatic carbocycles. The van der Waals surface area contributed by atoms with E-state index in [9.17, 15) is 9.59 Å². The zero-order valence-corrected chi connectivity index (χ0v) is 23.9. The lowest BCUT2D eigenvalue weighted by atomic mass is 9.83. The van der Waals surface area contributed by atoms with E-state index in [1.807, 2.05) is 12.2 Å². The minimum Gasteiger partial charge on any atom is -0.465 e. The summed E-state index contributed by atoms with van der Waals surface area (Å²) in [6, 6.07) is 0. The summed E-state index contributed by atoms with van der Waals surface area (Å²) in [5.74, 6) is -1.24. The Kier molecular flexibility index (Phi) is 21.8. The fraction of sp³-hybridized carbons (Fsp3) is 0.875. The normalized spacial score (nSPS) is 17.3. The SMILES string of the molecule is CCCCCCCCCCCCCCCCCCOC(=O)C1CC=CCC1C(=O)OCCCCCC. The van der Waals surface area contributed by atoms with Crippen LogP contribution in [0.1, 0.15) is 155 Å². The number of esters is 2. The lowest BCUT2D eigenvalue weighted by Crippen LogP contribution is -2.34. The van der Waals surface area contributed by atoms with Gasteiger partial charge in [-0.15, -0.1) is 0 Å². The van der Waals surface area contributed by atoms with Crippen LogP contribution in [0.15, 0.2) is 12.2 Å². The summed E-state index contributed by atoms with van der Waals surface area (Å²) in [7, 11) is 0. The Balaban J connectivity index is 1.98. The van der Waals surface area contributed by atoms with E-state index in [4.69, 9.17) is 9.47 Å². The molecule has 2 unspecified atom stereocenters. The fourth-order valence-corrected chi connectivity index (χ4v) is 5.07. The van der Waals surface area contributed by atoms with Crippen LogP contribution in [0.4, 0.5) is 0 Å². The second-order valence-corrected chi connectivity index (χ2v) is 10.9. The molecule has 2 atom stereocenters. The van der Waals surface area contributed by atoms with Crippen molar-refractivity contribution in [2.75, 3.05) is 13.2 Å². The van der Waals surface area contributed by atoms with Gasteiger partial charge in [-0.2, -0.15) is 0 Å². The Labute approximate surface area is 223 Å². The molecule has 210 valence electrons. The molecule has 1 aliphatic rings. The van der Waals surface area contributed by atoms with Crippen LogP contribution in [0.2, 0.25) is 0 Å². The predicted molar refractivity (Wildman–Crippen MR) is 151 cm³/mol. The van der Waals surface area contributed by atoms with Crippen LogP contribution in [0, 0.1) is 11.8 Å². The summed E-state index contributed by atoms with van der Waals surface area (Å²) >= 11 is 0. The molecule has 0 N–H and O–H groups in total. The summed E-state index contributed by atoms with van der Waals surface area (Å²) < 4.78 is 11.0. The van der Waals surface area contributed by atoms with Gasteiger partial charge >= 0.3 is 11.9 Å². The van der Waals surface area contributed by atoms with Gasteiger partial charge in [0.15, 0.2) is 0 Å². The number of unbranched alkanes of at least 4 members (excludes halogenated alkanes) is 18. The lowest BCUT2D eigenvalue weighted by molar-refractivity contribution is -0.161. The molecule has 4 heteroatoms. The van der Waals surface area contributed by atoms with Crippen LogP contribution < -0.4 is 0 Å². The molecule has 1 rings (SSSR count). The maximum Gasteiger partial charge on any atom is 0.310 e. The summed E-state index contributed by atoms with van der Waals surface area (Å²) in [6.07, 6.45) is 30.7. The molecule has 0 radical (unpaired) electrons. The Morgan fingerprint density at radius 2 is 0.778 bits per heavy atom. The van der Waals surface area contributed by atoms with Crippen LogP contribution in [-0.4, -0.2) is 25.2 Å². The van der Waals surface area contributed by atoms with Crippen molar-refractivity contribution in [3.63, 3.8) is 0 Å². The van der Waals surface area contributed by atoms with Gasteiger partial charge in [-0.25, -0.2) is 0 Å². The first-order valence-electron chi connectivity index (χ1n) is 15.7. The molecule has 0 fully saturated rings. The van der Waals surface area contributed by atoms with Gasteiger partial charge in [0.05, 0.1) is 25.0 Å². The van der Waals surface area contributed by atoms with E-state index in [1.165, 1.54) is 89.9 Å². The quantitative estimate of drug-likeness (QED) is 0.0743. The number of hydrogen-bond acceptors (Lipinski definition) is 4. The first-order valence-corrected chi connectivity index (χ1v) is 15.7. The van der Waals surface area contributed by atoms with Crippen molar-refractivity contribution in [2.24, 2.45) is 11.8 Å². The van der Waals surface area contributed by atoms with E-state index >= 15 is 0 Å². The Hall–Kier alpha value is -1.32. The van der Waals surface area contributed by atoms with Gasteiger partial charge in [0.25, 0.3) is 0 Å². The molecule has 0 amide bonds.